The van der Waals surface area contributed by atoms with Gasteiger partial charge in [-0.2, -0.15) is 0 Å². The van der Waals surface area contributed by atoms with Gasteiger partial charge in [0, 0.05) is 12.6 Å². The number of benzene rings is 1. The van der Waals surface area contributed by atoms with Crippen LogP contribution in [0.5, 0.6) is 0 Å². The Bertz CT molecular complexity index is 462. The van der Waals surface area contributed by atoms with E-state index in [9.17, 15) is 4.79 Å². The molecule has 2 unspecified atom stereocenters. The second kappa shape index (κ2) is 4.85. The highest BCUT2D eigenvalue weighted by molar-refractivity contribution is 5.70. The van der Waals surface area contributed by atoms with Crippen molar-refractivity contribution in [2.24, 2.45) is 5.73 Å². The molecule has 4 nitrogen and oxygen atoms in total. The number of likely N-dealkylation sites (tertiary alicyclic amines) is 1. The summed E-state index contributed by atoms with van der Waals surface area (Å²) in [5.41, 5.74) is 7.82. The van der Waals surface area contributed by atoms with Gasteiger partial charge in [-0.25, -0.2) is 4.79 Å². The summed E-state index contributed by atoms with van der Waals surface area (Å²) in [5.74, 6) is 0. The highest BCUT2D eigenvalue weighted by Crippen LogP contribution is 2.33. The molecule has 0 saturated carbocycles. The second-order valence-corrected chi connectivity index (χ2v) is 6.15. The number of carbonyl (C=O) groups excluding carboxylic acids is 1. The summed E-state index contributed by atoms with van der Waals surface area (Å²) < 4.78 is 5.40. The fraction of sp³-hybridized carbons (Fsp3) is 0.533. The lowest BCUT2D eigenvalue weighted by atomic mass is 9.90. The Hall–Kier alpha value is -1.55. The summed E-state index contributed by atoms with van der Waals surface area (Å²) in [6, 6.07) is 8.03. The van der Waals surface area contributed by atoms with Gasteiger partial charge in [-0.15, -0.1) is 0 Å². The van der Waals surface area contributed by atoms with E-state index in [-0.39, 0.29) is 18.2 Å². The van der Waals surface area contributed by atoms with E-state index in [1.54, 1.807) is 4.90 Å². The molecule has 4 heteroatoms. The van der Waals surface area contributed by atoms with Gasteiger partial charge in [0.05, 0.1) is 6.04 Å². The predicted octanol–water partition coefficient (Wildman–Crippen LogP) is 2.61. The van der Waals surface area contributed by atoms with E-state index >= 15 is 0 Å². The van der Waals surface area contributed by atoms with Gasteiger partial charge in [0.15, 0.2) is 0 Å². The number of amides is 1. The quantitative estimate of drug-likeness (QED) is 0.846. The number of nitrogens with zero attached hydrogens (tertiary/aromatic N) is 1. The SMILES string of the molecule is Cc1ccc(C2C(N)CN2C(=O)OC(C)(C)C)cc1. The van der Waals surface area contributed by atoms with Crippen LogP contribution in [0.3, 0.4) is 0 Å². The van der Waals surface area contributed by atoms with Crippen LogP contribution in [-0.4, -0.2) is 29.2 Å². The largest absolute Gasteiger partial charge is 0.444 e. The summed E-state index contributed by atoms with van der Waals surface area (Å²) >= 11 is 0. The molecular formula is C15H22N2O2. The second-order valence-electron chi connectivity index (χ2n) is 6.15. The van der Waals surface area contributed by atoms with Crippen molar-refractivity contribution in [3.63, 3.8) is 0 Å². The van der Waals surface area contributed by atoms with Crippen molar-refractivity contribution >= 4 is 6.09 Å². The van der Waals surface area contributed by atoms with Crippen molar-refractivity contribution in [1.82, 2.24) is 4.90 Å². The monoisotopic (exact) mass is 262 g/mol. The molecule has 104 valence electrons. The minimum atomic E-state index is -0.478. The Morgan fingerprint density at radius 2 is 1.89 bits per heavy atom. The van der Waals surface area contributed by atoms with Gasteiger partial charge >= 0.3 is 6.09 Å². The van der Waals surface area contributed by atoms with Crippen LogP contribution in [0.1, 0.15) is 37.9 Å². The van der Waals surface area contributed by atoms with Crippen LogP contribution in [0.25, 0.3) is 0 Å². The molecule has 1 aliphatic heterocycles. The molecule has 0 aliphatic carbocycles. The first-order valence-corrected chi connectivity index (χ1v) is 6.60. The minimum absolute atomic E-state index is 0.0183. The van der Waals surface area contributed by atoms with Gasteiger partial charge in [-0.05, 0) is 33.3 Å². The minimum Gasteiger partial charge on any atom is -0.444 e. The molecular weight excluding hydrogens is 240 g/mol. The first-order valence-electron chi connectivity index (χ1n) is 6.60. The normalized spacial score (nSPS) is 22.9. The van der Waals surface area contributed by atoms with Crippen LogP contribution >= 0.6 is 0 Å². The van der Waals surface area contributed by atoms with Crippen LogP contribution in [0.15, 0.2) is 24.3 Å². The molecule has 1 aromatic rings. The molecule has 19 heavy (non-hydrogen) atoms. The topological polar surface area (TPSA) is 55.6 Å². The van der Waals surface area contributed by atoms with E-state index in [1.807, 2.05) is 52.0 Å². The van der Waals surface area contributed by atoms with Gasteiger partial charge in [0.2, 0.25) is 0 Å². The van der Waals surface area contributed by atoms with Gasteiger partial charge in [0.1, 0.15) is 5.60 Å². The smallest absolute Gasteiger partial charge is 0.410 e. The fourth-order valence-corrected chi connectivity index (χ4v) is 2.23. The van der Waals surface area contributed by atoms with Crippen molar-refractivity contribution in [3.05, 3.63) is 35.4 Å². The molecule has 2 N–H and O–H groups in total. The maximum atomic E-state index is 12.1. The highest BCUT2D eigenvalue weighted by Gasteiger charge is 2.42. The van der Waals surface area contributed by atoms with E-state index in [2.05, 4.69) is 0 Å². The van der Waals surface area contributed by atoms with E-state index in [1.165, 1.54) is 5.56 Å². The first-order chi connectivity index (χ1) is 8.78. The summed E-state index contributed by atoms with van der Waals surface area (Å²) in [4.78, 5) is 13.8. The molecule has 0 bridgehead atoms. The molecule has 1 heterocycles. The van der Waals surface area contributed by atoms with Crippen LogP contribution in [-0.2, 0) is 4.74 Å². The molecule has 0 aromatic heterocycles. The zero-order valence-electron chi connectivity index (χ0n) is 12.0. The van der Waals surface area contributed by atoms with Crippen LogP contribution in [0.2, 0.25) is 0 Å². The summed E-state index contributed by atoms with van der Waals surface area (Å²) in [7, 11) is 0. The van der Waals surface area contributed by atoms with Gasteiger partial charge < -0.3 is 10.5 Å². The van der Waals surface area contributed by atoms with Crippen LogP contribution < -0.4 is 5.73 Å². The molecule has 0 radical (unpaired) electrons. The summed E-state index contributed by atoms with van der Waals surface area (Å²) in [6.45, 7) is 8.19. The van der Waals surface area contributed by atoms with E-state index in [4.69, 9.17) is 10.5 Å². The number of aryl methyl sites for hydroxylation is 1. The zero-order chi connectivity index (χ0) is 14.2. The Morgan fingerprint density at radius 1 is 1.32 bits per heavy atom. The van der Waals surface area contributed by atoms with Crippen LogP contribution in [0.4, 0.5) is 4.79 Å². The van der Waals surface area contributed by atoms with Gasteiger partial charge in [-0.1, -0.05) is 29.8 Å². The van der Waals surface area contributed by atoms with Crippen LogP contribution in [0, 0.1) is 6.92 Å². The maximum Gasteiger partial charge on any atom is 0.410 e. The highest BCUT2D eigenvalue weighted by atomic mass is 16.6. The lowest BCUT2D eigenvalue weighted by molar-refractivity contribution is -0.0134. The Labute approximate surface area is 114 Å². The van der Waals surface area contributed by atoms with E-state index in [0.29, 0.717) is 6.54 Å². The molecule has 1 fully saturated rings. The molecule has 1 aromatic carbocycles. The number of hydrogen-bond donors (Lipinski definition) is 1. The number of nitrogens with two attached hydrogens (primary N) is 1. The molecule has 1 aliphatic rings. The summed E-state index contributed by atoms with van der Waals surface area (Å²) in [6.07, 6.45) is -0.292. The number of ether oxygens (including phenoxy) is 1. The predicted molar refractivity (Wildman–Crippen MR) is 74.8 cm³/mol. The molecule has 2 rings (SSSR count). The van der Waals surface area contributed by atoms with Gasteiger partial charge in [-0.3, -0.25) is 4.90 Å². The van der Waals surface area contributed by atoms with Crippen molar-refractivity contribution in [3.8, 4) is 0 Å². The molecule has 1 saturated heterocycles. The van der Waals surface area contributed by atoms with E-state index < -0.39 is 5.60 Å². The maximum absolute atomic E-state index is 12.1. The number of carbonyl (C=O) groups is 1. The van der Waals surface area contributed by atoms with Crippen molar-refractivity contribution in [2.75, 3.05) is 6.54 Å². The lowest BCUT2D eigenvalue weighted by Crippen LogP contribution is -2.60. The molecule has 0 spiro atoms. The number of rotatable bonds is 1. The molecule has 1 amide bonds. The Balaban J connectivity index is 2.11. The lowest BCUT2D eigenvalue weighted by Gasteiger charge is -2.46. The number of hydrogen-bond acceptors (Lipinski definition) is 3. The molecule has 2 atom stereocenters. The van der Waals surface area contributed by atoms with Crippen molar-refractivity contribution in [2.45, 2.75) is 45.4 Å². The third-order valence-electron chi connectivity index (χ3n) is 3.20. The van der Waals surface area contributed by atoms with Crippen molar-refractivity contribution in [1.29, 1.82) is 0 Å². The van der Waals surface area contributed by atoms with Gasteiger partial charge in [0.25, 0.3) is 0 Å². The Morgan fingerprint density at radius 3 is 2.37 bits per heavy atom. The average molecular weight is 262 g/mol. The fourth-order valence-electron chi connectivity index (χ4n) is 2.23. The Kier molecular flexibility index (Phi) is 3.54. The third kappa shape index (κ3) is 3.07. The first kappa shape index (κ1) is 13.9. The standard InChI is InChI=1S/C15H22N2O2/c1-10-5-7-11(8-6-10)13-12(16)9-17(13)14(18)19-15(2,3)4/h5-8,12-13H,9,16H2,1-4H3. The summed E-state index contributed by atoms with van der Waals surface area (Å²) in [5, 5.41) is 0. The van der Waals surface area contributed by atoms with Crippen molar-refractivity contribution < 1.29 is 9.53 Å². The average Bonchev–Trinajstić information content (AvgIpc) is 2.26. The third-order valence-corrected chi connectivity index (χ3v) is 3.20. The van der Waals surface area contributed by atoms with E-state index in [0.717, 1.165) is 5.56 Å². The zero-order valence-corrected chi connectivity index (χ0v) is 12.0.